The molecule has 0 saturated heterocycles. The Kier molecular flexibility index (Phi) is 9.31. The zero-order chi connectivity index (χ0) is 10.9. The first kappa shape index (κ1) is 15.0. The van der Waals surface area contributed by atoms with Crippen LogP contribution in [0.2, 0.25) is 0 Å². The normalized spacial score (nSPS) is 11.8. The van der Waals surface area contributed by atoms with Crippen LogP contribution in [0.1, 0.15) is 54.4 Å². The third-order valence-corrected chi connectivity index (χ3v) is 1.74. The second-order valence-corrected chi connectivity index (χ2v) is 3.88. The monoisotopic (exact) mass is 186 g/mol. The summed E-state index contributed by atoms with van der Waals surface area (Å²) in [5, 5.41) is 3.31. The maximum absolute atomic E-state index is 4.03. The third-order valence-electron chi connectivity index (χ3n) is 1.74. The molecule has 80 valence electrons. The van der Waals surface area contributed by atoms with E-state index in [9.17, 15) is 0 Å². The van der Waals surface area contributed by atoms with Crippen LogP contribution < -0.4 is 5.32 Å². The molecule has 0 aliphatic heterocycles. The van der Waals surface area contributed by atoms with E-state index < -0.39 is 0 Å². The van der Waals surface area contributed by atoms with Gasteiger partial charge in [-0.3, -0.25) is 4.99 Å². The summed E-state index contributed by atoms with van der Waals surface area (Å²) >= 11 is 0. The average molecular weight is 186 g/mol. The summed E-state index contributed by atoms with van der Waals surface area (Å²) in [4.78, 5) is 4.03. The van der Waals surface area contributed by atoms with Crippen LogP contribution in [0.15, 0.2) is 4.99 Å². The Morgan fingerprint density at radius 2 is 1.62 bits per heavy atom. The van der Waals surface area contributed by atoms with Gasteiger partial charge in [0.15, 0.2) is 0 Å². The Hall–Kier alpha value is -0.530. The summed E-state index contributed by atoms with van der Waals surface area (Å²) in [7, 11) is 1.80. The van der Waals surface area contributed by atoms with Crippen molar-refractivity contribution in [3.8, 4) is 0 Å². The standard InChI is InChI=1S/C8H18N2.C3H8/c1-6-8(3,4)10-7(2)9-5;1-3-2/h6H2,1-5H3,(H,9,10);3H2,1-2H3. The van der Waals surface area contributed by atoms with E-state index in [1.54, 1.807) is 7.05 Å². The molecule has 0 amide bonds. The first-order valence-corrected chi connectivity index (χ1v) is 5.15. The maximum Gasteiger partial charge on any atom is 0.0932 e. The van der Waals surface area contributed by atoms with E-state index in [2.05, 4.69) is 44.9 Å². The number of amidine groups is 1. The third kappa shape index (κ3) is 11.5. The molecule has 0 aromatic rings. The number of nitrogens with one attached hydrogen (secondary N) is 1. The van der Waals surface area contributed by atoms with Gasteiger partial charge in [0.25, 0.3) is 0 Å². The van der Waals surface area contributed by atoms with E-state index in [-0.39, 0.29) is 5.54 Å². The molecule has 0 heterocycles. The van der Waals surface area contributed by atoms with Crippen molar-refractivity contribution in [1.82, 2.24) is 5.32 Å². The summed E-state index contributed by atoms with van der Waals surface area (Å²) in [5.74, 6) is 1.01. The van der Waals surface area contributed by atoms with Gasteiger partial charge >= 0.3 is 0 Å². The van der Waals surface area contributed by atoms with Crippen molar-refractivity contribution in [2.24, 2.45) is 4.99 Å². The van der Waals surface area contributed by atoms with Crippen LogP contribution in [0, 0.1) is 0 Å². The molecule has 0 fully saturated rings. The highest BCUT2D eigenvalue weighted by Gasteiger charge is 2.13. The van der Waals surface area contributed by atoms with Crippen LogP contribution in [-0.2, 0) is 0 Å². The van der Waals surface area contributed by atoms with E-state index >= 15 is 0 Å². The number of hydrogen-bond acceptors (Lipinski definition) is 1. The summed E-state index contributed by atoms with van der Waals surface area (Å²) in [5.41, 5.74) is 0.184. The van der Waals surface area contributed by atoms with Crippen molar-refractivity contribution in [3.63, 3.8) is 0 Å². The lowest BCUT2D eigenvalue weighted by atomic mass is 10.0. The number of hydrogen-bond donors (Lipinski definition) is 1. The molecule has 0 aromatic carbocycles. The van der Waals surface area contributed by atoms with Crippen molar-refractivity contribution in [3.05, 3.63) is 0 Å². The predicted molar refractivity (Wildman–Crippen MR) is 62.5 cm³/mol. The van der Waals surface area contributed by atoms with E-state index in [0.29, 0.717) is 0 Å². The molecule has 0 atom stereocenters. The molecule has 0 aliphatic rings. The fourth-order valence-corrected chi connectivity index (χ4v) is 0.634. The SMILES string of the molecule is CCC.CCC(C)(C)NC(C)=NC. The van der Waals surface area contributed by atoms with Gasteiger partial charge < -0.3 is 5.32 Å². The fraction of sp³-hybridized carbons (Fsp3) is 0.909. The first-order chi connectivity index (χ1) is 5.93. The zero-order valence-corrected chi connectivity index (χ0v) is 10.4. The molecule has 0 spiro atoms. The molecule has 13 heavy (non-hydrogen) atoms. The lowest BCUT2D eigenvalue weighted by molar-refractivity contribution is 0.444. The zero-order valence-electron chi connectivity index (χ0n) is 10.4. The number of aliphatic imine (C=N–C) groups is 1. The second-order valence-electron chi connectivity index (χ2n) is 3.88. The van der Waals surface area contributed by atoms with Gasteiger partial charge in [0.2, 0.25) is 0 Å². The summed E-state index contributed by atoms with van der Waals surface area (Å²) in [6.45, 7) is 12.7. The van der Waals surface area contributed by atoms with Gasteiger partial charge in [0.1, 0.15) is 0 Å². The van der Waals surface area contributed by atoms with Crippen molar-refractivity contribution < 1.29 is 0 Å². The van der Waals surface area contributed by atoms with Gasteiger partial charge in [-0.1, -0.05) is 27.2 Å². The highest BCUT2D eigenvalue weighted by Crippen LogP contribution is 2.05. The van der Waals surface area contributed by atoms with E-state index in [1.165, 1.54) is 6.42 Å². The van der Waals surface area contributed by atoms with Gasteiger partial charge in [-0.2, -0.15) is 0 Å². The average Bonchev–Trinajstić information content (AvgIpc) is 2.05. The fourth-order valence-electron chi connectivity index (χ4n) is 0.634. The molecule has 0 saturated carbocycles. The lowest BCUT2D eigenvalue weighted by Crippen LogP contribution is -2.41. The van der Waals surface area contributed by atoms with Crippen molar-refractivity contribution in [2.75, 3.05) is 7.05 Å². The second kappa shape index (κ2) is 8.09. The van der Waals surface area contributed by atoms with Crippen LogP contribution in [-0.4, -0.2) is 18.4 Å². The Bertz CT molecular complexity index is 137. The Labute approximate surface area is 83.8 Å². The molecular formula is C11H26N2. The van der Waals surface area contributed by atoms with Crippen LogP contribution in [0.5, 0.6) is 0 Å². The number of nitrogens with zero attached hydrogens (tertiary/aromatic N) is 1. The molecule has 1 N–H and O–H groups in total. The molecule has 0 aliphatic carbocycles. The van der Waals surface area contributed by atoms with Gasteiger partial charge in [-0.25, -0.2) is 0 Å². The van der Waals surface area contributed by atoms with Crippen LogP contribution >= 0.6 is 0 Å². The molecule has 2 nitrogen and oxygen atoms in total. The largest absolute Gasteiger partial charge is 0.369 e. The minimum atomic E-state index is 0.184. The summed E-state index contributed by atoms with van der Waals surface area (Å²) < 4.78 is 0. The molecule has 0 aromatic heterocycles. The van der Waals surface area contributed by atoms with Gasteiger partial charge in [0.05, 0.1) is 5.84 Å². The maximum atomic E-state index is 4.03. The number of rotatable bonds is 2. The van der Waals surface area contributed by atoms with Gasteiger partial charge in [0, 0.05) is 12.6 Å². The minimum Gasteiger partial charge on any atom is -0.369 e. The van der Waals surface area contributed by atoms with Crippen LogP contribution in [0.25, 0.3) is 0 Å². The van der Waals surface area contributed by atoms with E-state index in [4.69, 9.17) is 0 Å². The highest BCUT2D eigenvalue weighted by atomic mass is 15.0. The lowest BCUT2D eigenvalue weighted by Gasteiger charge is -2.25. The predicted octanol–water partition coefficient (Wildman–Crippen LogP) is 3.23. The Morgan fingerprint density at radius 3 is 1.85 bits per heavy atom. The van der Waals surface area contributed by atoms with Crippen LogP contribution in [0.4, 0.5) is 0 Å². The topological polar surface area (TPSA) is 24.4 Å². The molecule has 0 radical (unpaired) electrons. The van der Waals surface area contributed by atoms with E-state index in [1.807, 2.05) is 6.92 Å². The quantitative estimate of drug-likeness (QED) is 0.519. The summed E-state index contributed by atoms with van der Waals surface area (Å²) in [6.07, 6.45) is 2.36. The molecule has 0 bridgehead atoms. The molecular weight excluding hydrogens is 160 g/mol. The van der Waals surface area contributed by atoms with Crippen LogP contribution in [0.3, 0.4) is 0 Å². The van der Waals surface area contributed by atoms with Crippen molar-refractivity contribution >= 4 is 5.84 Å². The smallest absolute Gasteiger partial charge is 0.0932 e. The molecule has 2 heteroatoms. The first-order valence-electron chi connectivity index (χ1n) is 5.15. The molecule has 0 rings (SSSR count). The highest BCUT2D eigenvalue weighted by molar-refractivity contribution is 5.79. The van der Waals surface area contributed by atoms with Gasteiger partial charge in [-0.15, -0.1) is 0 Å². The molecule has 0 unspecified atom stereocenters. The minimum absolute atomic E-state index is 0.184. The Morgan fingerprint density at radius 1 is 1.23 bits per heavy atom. The summed E-state index contributed by atoms with van der Waals surface area (Å²) in [6, 6.07) is 0. The van der Waals surface area contributed by atoms with Gasteiger partial charge in [-0.05, 0) is 27.2 Å². The van der Waals surface area contributed by atoms with Crippen molar-refractivity contribution in [2.45, 2.75) is 59.9 Å². The van der Waals surface area contributed by atoms with E-state index in [0.717, 1.165) is 12.3 Å². The van der Waals surface area contributed by atoms with Crippen molar-refractivity contribution in [1.29, 1.82) is 0 Å². The Balaban J connectivity index is 0.